The highest BCUT2D eigenvalue weighted by Gasteiger charge is 2.35. The molecule has 3 atom stereocenters. The predicted molar refractivity (Wildman–Crippen MR) is 112 cm³/mol. The fraction of sp³-hybridized carbons (Fsp3) is 0.280. The fourth-order valence-corrected chi connectivity index (χ4v) is 4.01. The molecule has 1 unspecified atom stereocenters. The zero-order valence-corrected chi connectivity index (χ0v) is 16.4. The Morgan fingerprint density at radius 2 is 1.48 bits per heavy atom. The van der Waals surface area contributed by atoms with E-state index in [1.54, 1.807) is 0 Å². The molecule has 0 bridgehead atoms. The van der Waals surface area contributed by atoms with E-state index < -0.39 is 18.5 Å². The van der Waals surface area contributed by atoms with E-state index >= 15 is 0 Å². The molecule has 150 valence electrons. The third kappa shape index (κ3) is 3.92. The van der Waals surface area contributed by atoms with Gasteiger partial charge in [-0.05, 0) is 35.7 Å². The van der Waals surface area contributed by atoms with Crippen LogP contribution in [0.5, 0.6) is 5.75 Å². The molecule has 0 saturated carbocycles. The summed E-state index contributed by atoms with van der Waals surface area (Å²) in [6, 6.07) is 28.8. The minimum Gasteiger partial charge on any atom is -0.465 e. The molecule has 1 heterocycles. The summed E-state index contributed by atoms with van der Waals surface area (Å²) >= 11 is 0. The third-order valence-electron chi connectivity index (χ3n) is 5.75. The Labute approximate surface area is 171 Å². The largest absolute Gasteiger partial charge is 0.465 e. The van der Waals surface area contributed by atoms with Crippen LogP contribution in [0.25, 0.3) is 0 Å². The average molecular weight is 390 g/mol. The van der Waals surface area contributed by atoms with Gasteiger partial charge in [-0.15, -0.1) is 0 Å². The van der Waals surface area contributed by atoms with Crippen molar-refractivity contribution in [2.45, 2.75) is 37.3 Å². The van der Waals surface area contributed by atoms with Gasteiger partial charge in [-0.3, -0.25) is 0 Å². The normalized spacial score (nSPS) is 21.8. The van der Waals surface area contributed by atoms with Gasteiger partial charge in [0.25, 0.3) is 0 Å². The lowest BCUT2D eigenvalue weighted by atomic mass is 9.71. The Morgan fingerprint density at radius 3 is 2.03 bits per heavy atom. The maximum Gasteiger partial charge on any atom is 0.202 e. The van der Waals surface area contributed by atoms with E-state index in [0.29, 0.717) is 12.2 Å². The maximum atomic E-state index is 9.95. The molecular weight excluding hydrogens is 364 g/mol. The fourth-order valence-electron chi connectivity index (χ4n) is 4.01. The van der Waals surface area contributed by atoms with Crippen LogP contribution >= 0.6 is 0 Å². The van der Waals surface area contributed by atoms with Gasteiger partial charge < -0.3 is 19.7 Å². The van der Waals surface area contributed by atoms with E-state index in [1.165, 1.54) is 11.1 Å². The number of rotatable bonds is 6. The van der Waals surface area contributed by atoms with Crippen molar-refractivity contribution in [1.82, 2.24) is 0 Å². The number of hydrogen-bond acceptors (Lipinski definition) is 4. The molecule has 29 heavy (non-hydrogen) atoms. The molecule has 0 aliphatic carbocycles. The molecule has 4 nitrogen and oxygen atoms in total. The Kier molecular flexibility index (Phi) is 5.67. The van der Waals surface area contributed by atoms with Crippen LogP contribution in [0.4, 0.5) is 0 Å². The van der Waals surface area contributed by atoms with Crippen LogP contribution in [0.3, 0.4) is 0 Å². The molecular formula is C25H26O4. The van der Waals surface area contributed by atoms with Crippen molar-refractivity contribution < 1.29 is 19.7 Å². The number of ether oxygens (including phenoxy) is 2. The SMILES string of the molecule is CC(c1ccccc1)(c1ccccc1)c1cccc(OC2C[C@@H](O)[C@@H](CO)O2)c1. The second kappa shape index (κ2) is 8.37. The average Bonchev–Trinajstić information content (AvgIpc) is 3.13. The van der Waals surface area contributed by atoms with Gasteiger partial charge in [-0.2, -0.15) is 0 Å². The first-order valence-corrected chi connectivity index (χ1v) is 9.94. The Morgan fingerprint density at radius 1 is 0.897 bits per heavy atom. The summed E-state index contributed by atoms with van der Waals surface area (Å²) in [4.78, 5) is 0. The van der Waals surface area contributed by atoms with Gasteiger partial charge in [0.05, 0.1) is 12.7 Å². The molecule has 0 radical (unpaired) electrons. The van der Waals surface area contributed by atoms with Crippen molar-refractivity contribution in [3.05, 3.63) is 102 Å². The number of benzene rings is 3. The molecule has 0 amide bonds. The molecule has 1 fully saturated rings. The van der Waals surface area contributed by atoms with Gasteiger partial charge in [0.2, 0.25) is 6.29 Å². The van der Waals surface area contributed by atoms with Crippen molar-refractivity contribution in [1.29, 1.82) is 0 Å². The van der Waals surface area contributed by atoms with E-state index in [-0.39, 0.29) is 12.0 Å². The molecule has 0 aromatic heterocycles. The standard InChI is InChI=1S/C25H26O4/c1-25(18-9-4-2-5-10-18,19-11-6-3-7-12-19)20-13-8-14-21(15-20)28-24-16-22(27)23(17-26)29-24/h2-15,22-24,26-27H,16-17H2,1H3/t22-,23-,24?/m1/s1. The summed E-state index contributed by atoms with van der Waals surface area (Å²) in [7, 11) is 0. The summed E-state index contributed by atoms with van der Waals surface area (Å²) in [6.07, 6.45) is -1.55. The smallest absolute Gasteiger partial charge is 0.202 e. The minimum atomic E-state index is -0.716. The van der Waals surface area contributed by atoms with Gasteiger partial charge in [0.1, 0.15) is 11.9 Å². The van der Waals surface area contributed by atoms with Gasteiger partial charge in [-0.1, -0.05) is 72.8 Å². The molecule has 1 aliphatic rings. The second-order valence-corrected chi connectivity index (χ2v) is 7.59. The lowest BCUT2D eigenvalue weighted by Gasteiger charge is -2.32. The highest BCUT2D eigenvalue weighted by molar-refractivity contribution is 5.50. The molecule has 1 aliphatic heterocycles. The first-order chi connectivity index (χ1) is 14.1. The van der Waals surface area contributed by atoms with Gasteiger partial charge in [0, 0.05) is 11.8 Å². The van der Waals surface area contributed by atoms with E-state index in [0.717, 1.165) is 5.56 Å². The molecule has 4 heteroatoms. The molecule has 1 saturated heterocycles. The molecule has 3 aromatic carbocycles. The number of aliphatic hydroxyl groups is 2. The maximum absolute atomic E-state index is 9.95. The molecule has 2 N–H and O–H groups in total. The van der Waals surface area contributed by atoms with E-state index in [1.807, 2.05) is 30.3 Å². The number of aliphatic hydroxyl groups excluding tert-OH is 2. The van der Waals surface area contributed by atoms with Crippen molar-refractivity contribution in [2.75, 3.05) is 6.61 Å². The zero-order chi connectivity index (χ0) is 20.3. The van der Waals surface area contributed by atoms with Crippen molar-refractivity contribution in [2.24, 2.45) is 0 Å². The van der Waals surface area contributed by atoms with E-state index in [2.05, 4.69) is 61.5 Å². The summed E-state index contributed by atoms with van der Waals surface area (Å²) in [6.45, 7) is 2.00. The van der Waals surface area contributed by atoms with Crippen LogP contribution in [0.2, 0.25) is 0 Å². The lowest BCUT2D eigenvalue weighted by Crippen LogP contribution is -2.26. The Bertz CT molecular complexity index is 886. The first kappa shape index (κ1) is 19.6. The second-order valence-electron chi connectivity index (χ2n) is 7.59. The number of hydrogen-bond donors (Lipinski definition) is 2. The van der Waals surface area contributed by atoms with Crippen LogP contribution in [-0.4, -0.2) is 35.3 Å². The van der Waals surface area contributed by atoms with Gasteiger partial charge in [-0.25, -0.2) is 0 Å². The summed E-state index contributed by atoms with van der Waals surface area (Å²) in [5.74, 6) is 0.677. The van der Waals surface area contributed by atoms with Crippen molar-refractivity contribution in [3.8, 4) is 5.75 Å². The summed E-state index contributed by atoms with van der Waals surface area (Å²) < 4.78 is 11.6. The summed E-state index contributed by atoms with van der Waals surface area (Å²) in [5.41, 5.74) is 3.13. The van der Waals surface area contributed by atoms with Crippen molar-refractivity contribution >= 4 is 0 Å². The molecule has 3 aromatic rings. The van der Waals surface area contributed by atoms with E-state index in [9.17, 15) is 10.2 Å². The quantitative estimate of drug-likeness (QED) is 0.627. The zero-order valence-electron chi connectivity index (χ0n) is 16.4. The highest BCUT2D eigenvalue weighted by Crippen LogP contribution is 2.40. The molecule has 0 spiro atoms. The van der Waals surface area contributed by atoms with Crippen LogP contribution in [0.15, 0.2) is 84.9 Å². The highest BCUT2D eigenvalue weighted by atomic mass is 16.7. The summed E-state index contributed by atoms with van der Waals surface area (Å²) in [5, 5.41) is 19.2. The Balaban J connectivity index is 1.69. The molecule has 4 rings (SSSR count). The van der Waals surface area contributed by atoms with Crippen LogP contribution < -0.4 is 4.74 Å². The van der Waals surface area contributed by atoms with Gasteiger partial charge >= 0.3 is 0 Å². The van der Waals surface area contributed by atoms with Crippen LogP contribution in [-0.2, 0) is 10.2 Å². The van der Waals surface area contributed by atoms with Gasteiger partial charge in [0.15, 0.2) is 0 Å². The monoisotopic (exact) mass is 390 g/mol. The Hall–Kier alpha value is -2.66. The lowest BCUT2D eigenvalue weighted by molar-refractivity contribution is -0.0932. The van der Waals surface area contributed by atoms with Crippen LogP contribution in [0.1, 0.15) is 30.0 Å². The minimum absolute atomic E-state index is 0.221. The van der Waals surface area contributed by atoms with Crippen molar-refractivity contribution in [3.63, 3.8) is 0 Å². The third-order valence-corrected chi connectivity index (χ3v) is 5.75. The predicted octanol–water partition coefficient (Wildman–Crippen LogP) is 3.89. The van der Waals surface area contributed by atoms with Crippen LogP contribution in [0, 0.1) is 0 Å². The first-order valence-electron chi connectivity index (χ1n) is 9.94. The van der Waals surface area contributed by atoms with E-state index in [4.69, 9.17) is 9.47 Å². The topological polar surface area (TPSA) is 58.9 Å².